The smallest absolute Gasteiger partial charge is 0.264 e. The first-order chi connectivity index (χ1) is 12.7. The molecule has 0 bridgehead atoms. The lowest BCUT2D eigenvalue weighted by Crippen LogP contribution is -2.31. The standard InChI is InChI=1S/C21H22FNO2S/c1-3-12-23(13-15-8-5-4-6-9-15)21(24)20-16(14-25-2)19-17(22)10-7-11-18(19)26-20/h4-11H,3,12-14H2,1-2H3. The second-order valence-corrected chi connectivity index (χ2v) is 7.22. The molecule has 3 aromatic rings. The monoisotopic (exact) mass is 371 g/mol. The highest BCUT2D eigenvalue weighted by Crippen LogP contribution is 2.34. The molecular formula is C21H22FNO2S. The van der Waals surface area contributed by atoms with Gasteiger partial charge in [-0.1, -0.05) is 43.3 Å². The van der Waals surface area contributed by atoms with Gasteiger partial charge in [0.2, 0.25) is 0 Å². The molecule has 5 heteroatoms. The number of rotatable bonds is 7. The summed E-state index contributed by atoms with van der Waals surface area (Å²) in [4.78, 5) is 15.7. The summed E-state index contributed by atoms with van der Waals surface area (Å²) < 4.78 is 20.4. The number of thiophene rings is 1. The Kier molecular flexibility index (Phi) is 6.01. The molecule has 26 heavy (non-hydrogen) atoms. The Morgan fingerprint density at radius 2 is 1.92 bits per heavy atom. The summed E-state index contributed by atoms with van der Waals surface area (Å²) in [6, 6.07) is 14.9. The summed E-state index contributed by atoms with van der Waals surface area (Å²) in [5.74, 6) is -0.377. The lowest BCUT2D eigenvalue weighted by Gasteiger charge is -2.22. The predicted molar refractivity (Wildman–Crippen MR) is 104 cm³/mol. The molecule has 0 spiro atoms. The second-order valence-electron chi connectivity index (χ2n) is 6.17. The van der Waals surface area contributed by atoms with Gasteiger partial charge in [0.05, 0.1) is 11.5 Å². The molecule has 136 valence electrons. The largest absolute Gasteiger partial charge is 0.380 e. The van der Waals surface area contributed by atoms with E-state index in [1.807, 2.05) is 48.2 Å². The van der Waals surface area contributed by atoms with Crippen molar-refractivity contribution in [1.82, 2.24) is 4.90 Å². The molecule has 1 amide bonds. The number of benzene rings is 2. The Balaban J connectivity index is 2.01. The molecule has 0 N–H and O–H groups in total. The van der Waals surface area contributed by atoms with Gasteiger partial charge in [0, 0.05) is 35.8 Å². The van der Waals surface area contributed by atoms with Crippen molar-refractivity contribution in [2.75, 3.05) is 13.7 Å². The van der Waals surface area contributed by atoms with Crippen LogP contribution >= 0.6 is 11.3 Å². The first kappa shape index (κ1) is 18.5. The highest BCUT2D eigenvalue weighted by Gasteiger charge is 2.24. The fraction of sp³-hybridized carbons (Fsp3) is 0.286. The van der Waals surface area contributed by atoms with Crippen LogP contribution in [0.3, 0.4) is 0 Å². The molecule has 0 radical (unpaired) electrons. The van der Waals surface area contributed by atoms with Crippen LogP contribution in [-0.4, -0.2) is 24.5 Å². The molecule has 3 nitrogen and oxygen atoms in total. The lowest BCUT2D eigenvalue weighted by molar-refractivity contribution is 0.0744. The molecule has 0 aliphatic heterocycles. The van der Waals surface area contributed by atoms with Crippen molar-refractivity contribution in [3.05, 3.63) is 70.4 Å². The highest BCUT2D eigenvalue weighted by molar-refractivity contribution is 7.21. The van der Waals surface area contributed by atoms with Crippen LogP contribution in [0.5, 0.6) is 0 Å². The Hall–Kier alpha value is -2.24. The number of ether oxygens (including phenoxy) is 1. The van der Waals surface area contributed by atoms with Crippen molar-refractivity contribution in [3.63, 3.8) is 0 Å². The van der Waals surface area contributed by atoms with E-state index in [0.29, 0.717) is 28.9 Å². The van der Waals surface area contributed by atoms with Crippen LogP contribution in [0.25, 0.3) is 10.1 Å². The number of hydrogen-bond acceptors (Lipinski definition) is 3. The molecule has 2 aromatic carbocycles. The van der Waals surface area contributed by atoms with Crippen molar-refractivity contribution in [2.24, 2.45) is 0 Å². The molecule has 0 unspecified atom stereocenters. The van der Waals surface area contributed by atoms with E-state index in [4.69, 9.17) is 4.74 Å². The summed E-state index contributed by atoms with van der Waals surface area (Å²) in [5, 5.41) is 0.499. The zero-order valence-corrected chi connectivity index (χ0v) is 15.8. The van der Waals surface area contributed by atoms with Crippen LogP contribution in [0.15, 0.2) is 48.5 Å². The molecule has 1 aromatic heterocycles. The second kappa shape index (κ2) is 8.43. The van der Waals surface area contributed by atoms with E-state index in [0.717, 1.165) is 16.7 Å². The van der Waals surface area contributed by atoms with Crippen molar-refractivity contribution >= 4 is 27.3 Å². The van der Waals surface area contributed by atoms with Gasteiger partial charge in [-0.05, 0) is 24.1 Å². The Morgan fingerprint density at radius 3 is 2.62 bits per heavy atom. The molecule has 0 atom stereocenters. The average molecular weight is 371 g/mol. The number of carbonyl (C=O) groups is 1. The molecule has 0 saturated heterocycles. The van der Waals surface area contributed by atoms with Gasteiger partial charge < -0.3 is 9.64 Å². The molecular weight excluding hydrogens is 349 g/mol. The van der Waals surface area contributed by atoms with E-state index in [1.54, 1.807) is 13.2 Å². The first-order valence-electron chi connectivity index (χ1n) is 8.67. The number of methoxy groups -OCH3 is 1. The molecule has 0 aliphatic rings. The summed E-state index contributed by atoms with van der Waals surface area (Å²) in [7, 11) is 1.56. The van der Waals surface area contributed by atoms with Gasteiger partial charge in [0.25, 0.3) is 5.91 Å². The van der Waals surface area contributed by atoms with Crippen LogP contribution < -0.4 is 0 Å². The van der Waals surface area contributed by atoms with Crippen molar-refractivity contribution in [1.29, 1.82) is 0 Å². The quantitative estimate of drug-likeness (QED) is 0.568. The van der Waals surface area contributed by atoms with Crippen molar-refractivity contribution < 1.29 is 13.9 Å². The van der Waals surface area contributed by atoms with Crippen LogP contribution in [0.4, 0.5) is 4.39 Å². The van der Waals surface area contributed by atoms with E-state index in [-0.39, 0.29) is 18.3 Å². The fourth-order valence-corrected chi connectivity index (χ4v) is 4.28. The van der Waals surface area contributed by atoms with Gasteiger partial charge in [-0.25, -0.2) is 4.39 Å². The number of halogens is 1. The summed E-state index contributed by atoms with van der Waals surface area (Å²) in [6.07, 6.45) is 0.859. The van der Waals surface area contributed by atoms with Gasteiger partial charge in [-0.3, -0.25) is 4.79 Å². The third-order valence-electron chi connectivity index (χ3n) is 4.24. The summed E-state index contributed by atoms with van der Waals surface area (Å²) >= 11 is 1.34. The SMILES string of the molecule is CCCN(Cc1ccccc1)C(=O)c1sc2cccc(F)c2c1COC. The van der Waals surface area contributed by atoms with E-state index in [9.17, 15) is 9.18 Å². The number of hydrogen-bond donors (Lipinski definition) is 0. The van der Waals surface area contributed by atoms with E-state index in [2.05, 4.69) is 0 Å². The maximum Gasteiger partial charge on any atom is 0.264 e. The first-order valence-corrected chi connectivity index (χ1v) is 9.49. The third kappa shape index (κ3) is 3.79. The van der Waals surface area contributed by atoms with Gasteiger partial charge in [0.15, 0.2) is 0 Å². The van der Waals surface area contributed by atoms with Crippen LogP contribution in [-0.2, 0) is 17.9 Å². The Bertz CT molecular complexity index is 892. The third-order valence-corrected chi connectivity index (χ3v) is 5.43. The maximum absolute atomic E-state index is 14.4. The minimum Gasteiger partial charge on any atom is -0.380 e. The minimum atomic E-state index is -0.310. The Labute approximate surface area is 157 Å². The van der Waals surface area contributed by atoms with Crippen LogP contribution in [0, 0.1) is 5.82 Å². The van der Waals surface area contributed by atoms with Gasteiger partial charge >= 0.3 is 0 Å². The van der Waals surface area contributed by atoms with Crippen LogP contribution in [0.2, 0.25) is 0 Å². The molecule has 1 heterocycles. The number of carbonyl (C=O) groups excluding carboxylic acids is 1. The van der Waals surface area contributed by atoms with Gasteiger partial charge in [0.1, 0.15) is 5.82 Å². The lowest BCUT2D eigenvalue weighted by atomic mass is 10.1. The minimum absolute atomic E-state index is 0.0663. The van der Waals surface area contributed by atoms with Crippen molar-refractivity contribution in [2.45, 2.75) is 26.5 Å². The predicted octanol–water partition coefficient (Wildman–Crippen LogP) is 5.24. The topological polar surface area (TPSA) is 29.5 Å². The van der Waals surface area contributed by atoms with E-state index >= 15 is 0 Å². The number of amides is 1. The summed E-state index contributed by atoms with van der Waals surface area (Å²) in [6.45, 7) is 3.45. The normalized spacial score (nSPS) is 11.0. The average Bonchev–Trinajstić information content (AvgIpc) is 3.02. The molecule has 0 saturated carbocycles. The Morgan fingerprint density at radius 1 is 1.15 bits per heavy atom. The molecule has 0 fully saturated rings. The van der Waals surface area contributed by atoms with Gasteiger partial charge in [-0.15, -0.1) is 11.3 Å². The highest BCUT2D eigenvalue weighted by atomic mass is 32.1. The van der Waals surface area contributed by atoms with E-state index < -0.39 is 0 Å². The maximum atomic E-state index is 14.4. The van der Waals surface area contributed by atoms with Crippen molar-refractivity contribution in [3.8, 4) is 0 Å². The molecule has 3 rings (SSSR count). The fourth-order valence-electron chi connectivity index (χ4n) is 3.09. The summed E-state index contributed by atoms with van der Waals surface area (Å²) in [5.41, 5.74) is 1.72. The van der Waals surface area contributed by atoms with E-state index in [1.165, 1.54) is 17.4 Å². The molecule has 0 aliphatic carbocycles. The van der Waals surface area contributed by atoms with Crippen LogP contribution in [0.1, 0.15) is 34.1 Å². The number of nitrogens with zero attached hydrogens (tertiary/aromatic N) is 1. The van der Waals surface area contributed by atoms with Gasteiger partial charge in [-0.2, -0.15) is 0 Å². The number of fused-ring (bicyclic) bond motifs is 1. The zero-order chi connectivity index (χ0) is 18.5. The zero-order valence-electron chi connectivity index (χ0n) is 15.0.